The Morgan fingerprint density at radius 3 is 2.39 bits per heavy atom. The number of rotatable bonds is 6. The van der Waals surface area contributed by atoms with Crippen LogP contribution < -0.4 is 4.90 Å². The number of benzene rings is 2. The molecule has 1 aliphatic heterocycles. The van der Waals surface area contributed by atoms with E-state index in [2.05, 4.69) is 4.90 Å². The van der Waals surface area contributed by atoms with Gasteiger partial charge in [0.2, 0.25) is 5.91 Å². The van der Waals surface area contributed by atoms with Crippen molar-refractivity contribution in [1.82, 2.24) is 4.90 Å². The van der Waals surface area contributed by atoms with Crippen LogP contribution in [-0.2, 0) is 11.3 Å². The van der Waals surface area contributed by atoms with E-state index in [1.165, 1.54) is 18.2 Å². The van der Waals surface area contributed by atoms with E-state index in [0.717, 1.165) is 44.5 Å². The minimum Gasteiger partial charge on any atom is -0.309 e. The molecule has 0 saturated carbocycles. The first-order valence-corrected chi connectivity index (χ1v) is 10.0. The third-order valence-electron chi connectivity index (χ3n) is 5.41. The Labute approximate surface area is 166 Å². The lowest BCUT2D eigenvalue weighted by atomic mass is 10.0. The number of anilines is 1. The summed E-state index contributed by atoms with van der Waals surface area (Å²) in [6.45, 7) is 6.19. The van der Waals surface area contributed by atoms with Gasteiger partial charge in [-0.2, -0.15) is 0 Å². The Morgan fingerprint density at radius 1 is 1.11 bits per heavy atom. The molecular formula is C23H28F2N2O. The van der Waals surface area contributed by atoms with Crippen LogP contribution in [0.25, 0.3) is 0 Å². The van der Waals surface area contributed by atoms with Crippen molar-refractivity contribution in [2.45, 2.75) is 52.1 Å². The van der Waals surface area contributed by atoms with Crippen LogP contribution in [0.5, 0.6) is 0 Å². The van der Waals surface area contributed by atoms with Gasteiger partial charge in [0.1, 0.15) is 11.6 Å². The topological polar surface area (TPSA) is 23.6 Å². The van der Waals surface area contributed by atoms with Crippen molar-refractivity contribution in [3.8, 4) is 0 Å². The first-order valence-electron chi connectivity index (χ1n) is 10.0. The predicted molar refractivity (Wildman–Crippen MR) is 108 cm³/mol. The average Bonchev–Trinajstić information content (AvgIpc) is 2.68. The number of amides is 1. The second kappa shape index (κ2) is 9.28. The molecule has 2 aromatic rings. The molecule has 2 aromatic carbocycles. The van der Waals surface area contributed by atoms with E-state index in [1.54, 1.807) is 17.9 Å². The maximum atomic E-state index is 14.1. The summed E-state index contributed by atoms with van der Waals surface area (Å²) in [7, 11) is 0. The van der Waals surface area contributed by atoms with Gasteiger partial charge in [0.05, 0.1) is 0 Å². The van der Waals surface area contributed by atoms with E-state index in [0.29, 0.717) is 17.7 Å². The van der Waals surface area contributed by atoms with E-state index in [1.807, 2.05) is 25.1 Å². The zero-order chi connectivity index (χ0) is 20.1. The molecule has 0 spiro atoms. The molecule has 3 nitrogen and oxygen atoms in total. The summed E-state index contributed by atoms with van der Waals surface area (Å²) < 4.78 is 27.2. The number of aryl methyl sites for hydroxylation is 1. The molecule has 3 rings (SSSR count). The Bertz CT molecular complexity index is 799. The fourth-order valence-electron chi connectivity index (χ4n) is 3.81. The minimum absolute atomic E-state index is 0.0581. The van der Waals surface area contributed by atoms with Gasteiger partial charge in [-0.25, -0.2) is 8.78 Å². The van der Waals surface area contributed by atoms with Gasteiger partial charge in [-0.3, -0.25) is 9.69 Å². The largest absolute Gasteiger partial charge is 0.309 e. The van der Waals surface area contributed by atoms with Crippen LogP contribution in [0.3, 0.4) is 0 Å². The van der Waals surface area contributed by atoms with Crippen LogP contribution in [-0.4, -0.2) is 29.9 Å². The zero-order valence-corrected chi connectivity index (χ0v) is 16.6. The first kappa shape index (κ1) is 20.5. The molecule has 28 heavy (non-hydrogen) atoms. The maximum Gasteiger partial charge on any atom is 0.227 e. The molecule has 1 heterocycles. The monoisotopic (exact) mass is 386 g/mol. The zero-order valence-electron chi connectivity index (χ0n) is 16.6. The van der Waals surface area contributed by atoms with E-state index in [9.17, 15) is 13.6 Å². The number of likely N-dealkylation sites (tertiary alicyclic amines) is 1. The van der Waals surface area contributed by atoms with Gasteiger partial charge >= 0.3 is 0 Å². The van der Waals surface area contributed by atoms with Gasteiger partial charge in [-0.15, -0.1) is 0 Å². The van der Waals surface area contributed by atoms with E-state index in [4.69, 9.17) is 0 Å². The highest BCUT2D eigenvalue weighted by Gasteiger charge is 2.29. The molecule has 0 aromatic heterocycles. The highest BCUT2D eigenvalue weighted by Crippen LogP contribution is 2.27. The van der Waals surface area contributed by atoms with Gasteiger partial charge in [-0.05, 0) is 61.6 Å². The predicted octanol–water partition coefficient (Wildman–Crippen LogP) is 5.07. The number of halogens is 2. The number of carbonyl (C=O) groups is 1. The molecule has 1 aliphatic rings. The lowest BCUT2D eigenvalue weighted by molar-refractivity contribution is -0.119. The fourth-order valence-corrected chi connectivity index (χ4v) is 3.81. The van der Waals surface area contributed by atoms with Crippen LogP contribution in [0.1, 0.15) is 43.7 Å². The van der Waals surface area contributed by atoms with Crippen LogP contribution in [0, 0.1) is 18.6 Å². The van der Waals surface area contributed by atoms with Crippen molar-refractivity contribution in [3.63, 3.8) is 0 Å². The van der Waals surface area contributed by atoms with Crippen molar-refractivity contribution >= 4 is 11.6 Å². The van der Waals surface area contributed by atoms with Crippen molar-refractivity contribution in [1.29, 1.82) is 0 Å². The molecule has 1 fully saturated rings. The first-order chi connectivity index (χ1) is 13.5. The SMILES string of the molecule is CCCC(=O)N(c1ccc(C)c(F)c1)C1CCN(Cc2ccc(F)cc2)CC1. The second-order valence-electron chi connectivity index (χ2n) is 7.58. The fraction of sp³-hybridized carbons (Fsp3) is 0.435. The molecule has 1 saturated heterocycles. The molecule has 150 valence electrons. The molecular weight excluding hydrogens is 358 g/mol. The quantitative estimate of drug-likeness (QED) is 0.692. The molecule has 0 radical (unpaired) electrons. The highest BCUT2D eigenvalue weighted by atomic mass is 19.1. The molecule has 0 aliphatic carbocycles. The van der Waals surface area contributed by atoms with Crippen molar-refractivity contribution in [2.75, 3.05) is 18.0 Å². The van der Waals surface area contributed by atoms with Crippen LogP contribution in [0.2, 0.25) is 0 Å². The van der Waals surface area contributed by atoms with Gasteiger partial charge in [0.25, 0.3) is 0 Å². The molecule has 0 atom stereocenters. The van der Waals surface area contributed by atoms with Crippen molar-refractivity contribution in [3.05, 3.63) is 65.2 Å². The van der Waals surface area contributed by atoms with Gasteiger partial charge in [-0.1, -0.05) is 25.1 Å². The summed E-state index contributed by atoms with van der Waals surface area (Å²) >= 11 is 0. The van der Waals surface area contributed by atoms with Crippen LogP contribution in [0.4, 0.5) is 14.5 Å². The summed E-state index contributed by atoms with van der Waals surface area (Å²) in [4.78, 5) is 16.9. The lowest BCUT2D eigenvalue weighted by Gasteiger charge is -2.38. The summed E-state index contributed by atoms with van der Waals surface area (Å²) in [6.07, 6.45) is 2.91. The standard InChI is InChI=1S/C23H28F2N2O/c1-3-4-23(28)27(21-10-5-17(2)22(25)15-21)20-11-13-26(14-12-20)16-18-6-8-19(24)9-7-18/h5-10,15,20H,3-4,11-14,16H2,1-2H3. The number of nitrogens with zero attached hydrogens (tertiary/aromatic N) is 2. The Hall–Kier alpha value is -2.27. The van der Waals surface area contributed by atoms with E-state index < -0.39 is 0 Å². The molecule has 5 heteroatoms. The molecule has 0 unspecified atom stereocenters. The Morgan fingerprint density at radius 2 is 1.79 bits per heavy atom. The second-order valence-corrected chi connectivity index (χ2v) is 7.58. The summed E-state index contributed by atoms with van der Waals surface area (Å²) in [5, 5.41) is 0. The summed E-state index contributed by atoms with van der Waals surface area (Å²) in [5.41, 5.74) is 2.32. The maximum absolute atomic E-state index is 14.1. The third kappa shape index (κ3) is 4.96. The number of piperidine rings is 1. The molecule has 0 bridgehead atoms. The van der Waals surface area contributed by atoms with Gasteiger partial charge in [0.15, 0.2) is 0 Å². The smallest absolute Gasteiger partial charge is 0.227 e. The number of hydrogen-bond donors (Lipinski definition) is 0. The van der Waals surface area contributed by atoms with Gasteiger partial charge < -0.3 is 4.90 Å². The van der Waals surface area contributed by atoms with Crippen LogP contribution in [0.15, 0.2) is 42.5 Å². The van der Waals surface area contributed by atoms with E-state index >= 15 is 0 Å². The third-order valence-corrected chi connectivity index (χ3v) is 5.41. The van der Waals surface area contributed by atoms with Crippen LogP contribution >= 0.6 is 0 Å². The molecule has 1 amide bonds. The minimum atomic E-state index is -0.277. The summed E-state index contributed by atoms with van der Waals surface area (Å²) in [5.74, 6) is -0.443. The van der Waals surface area contributed by atoms with Crippen molar-refractivity contribution < 1.29 is 13.6 Å². The van der Waals surface area contributed by atoms with Crippen molar-refractivity contribution in [2.24, 2.45) is 0 Å². The number of hydrogen-bond acceptors (Lipinski definition) is 2. The highest BCUT2D eigenvalue weighted by molar-refractivity contribution is 5.94. The lowest BCUT2D eigenvalue weighted by Crippen LogP contribution is -2.47. The Balaban J connectivity index is 1.69. The Kier molecular flexibility index (Phi) is 6.79. The normalized spacial score (nSPS) is 15.6. The van der Waals surface area contributed by atoms with E-state index in [-0.39, 0.29) is 23.6 Å². The summed E-state index contributed by atoms with van der Waals surface area (Å²) in [6, 6.07) is 11.7. The van der Waals surface area contributed by atoms with Gasteiger partial charge in [0, 0.05) is 37.8 Å². The molecule has 0 N–H and O–H groups in total. The average molecular weight is 386 g/mol. The number of carbonyl (C=O) groups excluding carboxylic acids is 1.